The average Bonchev–Trinajstić information content (AvgIpc) is 3.01. The number of benzene rings is 2. The normalized spacial score (nSPS) is 22.5. The molecule has 2 atom stereocenters. The van der Waals surface area contributed by atoms with Crippen molar-refractivity contribution in [2.75, 3.05) is 11.9 Å². The van der Waals surface area contributed by atoms with E-state index in [2.05, 4.69) is 34.9 Å². The molecule has 4 rings (SSSR count). The van der Waals surface area contributed by atoms with Crippen molar-refractivity contribution in [3.8, 4) is 0 Å². The first-order valence-electron chi connectivity index (χ1n) is 8.97. The van der Waals surface area contributed by atoms with E-state index in [1.807, 2.05) is 6.07 Å². The molecule has 0 spiro atoms. The molecule has 24 heavy (non-hydrogen) atoms. The molecule has 2 aliphatic rings. The Kier molecular flexibility index (Phi) is 4.15. The van der Waals surface area contributed by atoms with Crippen molar-refractivity contribution in [3.63, 3.8) is 0 Å². The van der Waals surface area contributed by atoms with Gasteiger partial charge < -0.3 is 15.7 Å². The first-order chi connectivity index (χ1) is 11.7. The van der Waals surface area contributed by atoms with Crippen LogP contribution in [0, 0.1) is 5.92 Å². The summed E-state index contributed by atoms with van der Waals surface area (Å²) in [6.45, 7) is 0.629. The second-order valence-electron chi connectivity index (χ2n) is 7.13. The summed E-state index contributed by atoms with van der Waals surface area (Å²) in [5.41, 5.74) is 3.63. The number of aliphatic hydroxyl groups excluding tert-OH is 1. The zero-order chi connectivity index (χ0) is 16.5. The van der Waals surface area contributed by atoms with Crippen molar-refractivity contribution >= 4 is 22.5 Å². The van der Waals surface area contributed by atoms with E-state index in [0.717, 1.165) is 49.6 Å². The Hall–Kier alpha value is -2.07. The highest BCUT2D eigenvalue weighted by atomic mass is 16.3. The lowest BCUT2D eigenvalue weighted by Crippen LogP contribution is -2.35. The van der Waals surface area contributed by atoms with Crippen LogP contribution < -0.4 is 10.6 Å². The first-order valence-corrected chi connectivity index (χ1v) is 8.97. The lowest BCUT2D eigenvalue weighted by Gasteiger charge is -2.25. The number of urea groups is 1. The molecule has 0 radical (unpaired) electrons. The van der Waals surface area contributed by atoms with Crippen LogP contribution >= 0.6 is 0 Å². The molecule has 1 fully saturated rings. The number of hydrogen-bond acceptors (Lipinski definition) is 2. The van der Waals surface area contributed by atoms with Crippen LogP contribution in [-0.4, -0.2) is 23.8 Å². The zero-order valence-electron chi connectivity index (χ0n) is 13.8. The van der Waals surface area contributed by atoms with Crippen LogP contribution in [0.5, 0.6) is 0 Å². The average molecular weight is 324 g/mol. The van der Waals surface area contributed by atoms with Crippen molar-refractivity contribution in [3.05, 3.63) is 41.5 Å². The Morgan fingerprint density at radius 3 is 2.79 bits per heavy atom. The largest absolute Gasteiger partial charge is 0.393 e. The van der Waals surface area contributed by atoms with Gasteiger partial charge in [0.15, 0.2) is 0 Å². The minimum Gasteiger partial charge on any atom is -0.393 e. The quantitative estimate of drug-likeness (QED) is 0.807. The van der Waals surface area contributed by atoms with Gasteiger partial charge in [-0.1, -0.05) is 30.7 Å². The molecule has 2 unspecified atom stereocenters. The third-order valence-electron chi connectivity index (χ3n) is 5.43. The maximum atomic E-state index is 12.3. The number of aliphatic hydroxyl groups is 1. The van der Waals surface area contributed by atoms with E-state index in [4.69, 9.17) is 0 Å². The van der Waals surface area contributed by atoms with E-state index in [0.29, 0.717) is 12.5 Å². The SMILES string of the molecule is O=C(NCC1CCCC(O)C1)Nc1ccc2c3c(cccc13)CC2. The van der Waals surface area contributed by atoms with Gasteiger partial charge in [0.25, 0.3) is 0 Å². The van der Waals surface area contributed by atoms with E-state index in [1.54, 1.807) is 0 Å². The van der Waals surface area contributed by atoms with Crippen molar-refractivity contribution in [1.82, 2.24) is 5.32 Å². The summed E-state index contributed by atoms with van der Waals surface area (Å²) in [6.07, 6.45) is 5.79. The number of rotatable bonds is 3. The standard InChI is InChI=1S/C20H24N2O2/c23-16-5-1-3-13(11-16)12-21-20(24)22-18-10-9-15-8-7-14-4-2-6-17(18)19(14)15/h2,4,6,9-10,13,16,23H,1,3,5,7-8,11-12H2,(H2,21,22,24). The Morgan fingerprint density at radius 2 is 1.96 bits per heavy atom. The Morgan fingerprint density at radius 1 is 1.12 bits per heavy atom. The minimum atomic E-state index is -0.204. The van der Waals surface area contributed by atoms with E-state index >= 15 is 0 Å². The topological polar surface area (TPSA) is 61.4 Å². The van der Waals surface area contributed by atoms with Crippen LogP contribution in [0.1, 0.15) is 36.8 Å². The van der Waals surface area contributed by atoms with Gasteiger partial charge in [-0.25, -0.2) is 4.79 Å². The summed E-state index contributed by atoms with van der Waals surface area (Å²) < 4.78 is 0. The Bertz CT molecular complexity index is 761. The molecule has 4 heteroatoms. The lowest BCUT2D eigenvalue weighted by molar-refractivity contribution is 0.101. The van der Waals surface area contributed by atoms with Crippen LogP contribution in [0.4, 0.5) is 10.5 Å². The fraction of sp³-hybridized carbons (Fsp3) is 0.450. The van der Waals surface area contributed by atoms with E-state index in [-0.39, 0.29) is 12.1 Å². The molecule has 3 N–H and O–H groups in total. The summed E-state index contributed by atoms with van der Waals surface area (Å²) in [5.74, 6) is 0.382. The molecule has 2 aromatic rings. The summed E-state index contributed by atoms with van der Waals surface area (Å²) >= 11 is 0. The van der Waals surface area contributed by atoms with E-state index in [1.165, 1.54) is 16.5 Å². The maximum absolute atomic E-state index is 12.3. The molecule has 2 amide bonds. The molecular formula is C20H24N2O2. The van der Waals surface area contributed by atoms with Gasteiger partial charge in [0.05, 0.1) is 11.8 Å². The van der Waals surface area contributed by atoms with E-state index < -0.39 is 0 Å². The van der Waals surface area contributed by atoms with Gasteiger partial charge in [-0.2, -0.15) is 0 Å². The number of aryl methyl sites for hydroxylation is 2. The predicted molar refractivity (Wildman–Crippen MR) is 96.3 cm³/mol. The number of carbonyl (C=O) groups excluding carboxylic acids is 1. The molecule has 1 saturated carbocycles. The van der Waals surface area contributed by atoms with E-state index in [9.17, 15) is 9.90 Å². The first kappa shape index (κ1) is 15.5. The number of hydrogen-bond donors (Lipinski definition) is 3. The highest BCUT2D eigenvalue weighted by Gasteiger charge is 2.21. The van der Waals surface area contributed by atoms with Crippen LogP contribution in [0.2, 0.25) is 0 Å². The molecule has 126 valence electrons. The third-order valence-corrected chi connectivity index (χ3v) is 5.43. The molecular weight excluding hydrogens is 300 g/mol. The van der Waals surface area contributed by atoms with Gasteiger partial charge in [0.1, 0.15) is 0 Å². The molecule has 0 bridgehead atoms. The van der Waals surface area contributed by atoms with Crippen LogP contribution in [-0.2, 0) is 12.8 Å². The minimum absolute atomic E-state index is 0.159. The smallest absolute Gasteiger partial charge is 0.319 e. The number of nitrogens with one attached hydrogen (secondary N) is 2. The summed E-state index contributed by atoms with van der Waals surface area (Å²) in [7, 11) is 0. The molecule has 0 aliphatic heterocycles. The highest BCUT2D eigenvalue weighted by Crippen LogP contribution is 2.35. The molecule has 0 heterocycles. The van der Waals surface area contributed by atoms with Crippen LogP contribution in [0.15, 0.2) is 30.3 Å². The molecule has 0 aromatic heterocycles. The number of anilines is 1. The van der Waals surface area contributed by atoms with Gasteiger partial charge in [0, 0.05) is 11.9 Å². The van der Waals surface area contributed by atoms with Crippen molar-refractivity contribution in [2.24, 2.45) is 5.92 Å². The van der Waals surface area contributed by atoms with Crippen molar-refractivity contribution in [1.29, 1.82) is 0 Å². The van der Waals surface area contributed by atoms with Gasteiger partial charge in [-0.15, -0.1) is 0 Å². The van der Waals surface area contributed by atoms with Crippen molar-refractivity contribution in [2.45, 2.75) is 44.6 Å². The molecule has 2 aromatic carbocycles. The number of amides is 2. The maximum Gasteiger partial charge on any atom is 0.319 e. The fourth-order valence-electron chi connectivity index (χ4n) is 4.21. The fourth-order valence-corrected chi connectivity index (χ4v) is 4.21. The second-order valence-corrected chi connectivity index (χ2v) is 7.13. The van der Waals surface area contributed by atoms with Gasteiger partial charge in [0.2, 0.25) is 0 Å². The summed E-state index contributed by atoms with van der Waals surface area (Å²) in [5, 5.41) is 18.1. The Labute approximate surface area is 142 Å². The zero-order valence-corrected chi connectivity index (χ0v) is 13.8. The predicted octanol–water partition coefficient (Wildman–Crippen LogP) is 3.61. The van der Waals surface area contributed by atoms with Crippen LogP contribution in [0.3, 0.4) is 0 Å². The monoisotopic (exact) mass is 324 g/mol. The van der Waals surface area contributed by atoms with Gasteiger partial charge >= 0.3 is 6.03 Å². The van der Waals surface area contributed by atoms with Gasteiger partial charge in [-0.3, -0.25) is 0 Å². The molecule has 4 nitrogen and oxygen atoms in total. The second kappa shape index (κ2) is 6.44. The summed E-state index contributed by atoms with van der Waals surface area (Å²) in [4.78, 5) is 12.3. The molecule has 2 aliphatic carbocycles. The highest BCUT2D eigenvalue weighted by molar-refractivity contribution is 6.04. The Balaban J connectivity index is 1.44. The van der Waals surface area contributed by atoms with Crippen molar-refractivity contribution < 1.29 is 9.90 Å². The lowest BCUT2D eigenvalue weighted by atomic mass is 9.87. The third kappa shape index (κ3) is 2.98. The van der Waals surface area contributed by atoms with Crippen LogP contribution in [0.25, 0.3) is 10.8 Å². The molecule has 0 saturated heterocycles. The number of carbonyl (C=O) groups is 1. The summed E-state index contributed by atoms with van der Waals surface area (Å²) in [6, 6.07) is 10.3. The van der Waals surface area contributed by atoms with Gasteiger partial charge in [-0.05, 0) is 60.6 Å².